The molecule has 2 aliphatic rings. The number of rotatable bonds is 6. The lowest BCUT2D eigenvalue weighted by molar-refractivity contribution is 0.669. The monoisotopic (exact) mass is 1090 g/mol. The lowest BCUT2D eigenvalue weighted by atomic mass is 9.70. The van der Waals surface area contributed by atoms with Crippen molar-refractivity contribution in [1.29, 1.82) is 0 Å². The van der Waals surface area contributed by atoms with Crippen molar-refractivity contribution < 1.29 is 8.83 Å². The van der Waals surface area contributed by atoms with Gasteiger partial charge in [-0.3, -0.25) is 0 Å². The molecule has 0 amide bonds. The number of thiophene rings is 1. The van der Waals surface area contributed by atoms with Crippen LogP contribution in [0.5, 0.6) is 0 Å². The SMILES string of the molecule is c1ccc(-n2c3ccc(-c4ccc5sc6ccccc6c5c4)cc3c3cc(-c4ccc5oc6cccc(N(c7cccc8c7-c7ccccc7C87c8ccccc8-c8ccccc87)c7cccc8oc9ccccc9c78)c6c5c4)ccc32)cc1. The van der Waals surface area contributed by atoms with Gasteiger partial charge in [-0.2, -0.15) is 0 Å². The first-order chi connectivity index (χ1) is 41.7. The largest absolute Gasteiger partial charge is 0.456 e. The van der Waals surface area contributed by atoms with E-state index in [4.69, 9.17) is 8.83 Å². The van der Waals surface area contributed by atoms with Gasteiger partial charge in [0.1, 0.15) is 22.3 Å². The van der Waals surface area contributed by atoms with E-state index in [1.54, 1.807) is 0 Å². The second kappa shape index (κ2) is 17.2. The Hall–Kier alpha value is -10.7. The third-order valence-corrected chi connectivity index (χ3v) is 19.6. The Morgan fingerprint density at radius 3 is 1.46 bits per heavy atom. The number of furan rings is 2. The predicted molar refractivity (Wildman–Crippen MR) is 350 cm³/mol. The topological polar surface area (TPSA) is 34.5 Å². The number of para-hydroxylation sites is 2. The van der Waals surface area contributed by atoms with Crippen molar-refractivity contribution in [2.75, 3.05) is 4.90 Å². The summed E-state index contributed by atoms with van der Waals surface area (Å²) in [7, 11) is 0. The highest BCUT2D eigenvalue weighted by molar-refractivity contribution is 7.25. The molecule has 0 saturated heterocycles. The lowest BCUT2D eigenvalue weighted by Gasteiger charge is -2.32. The van der Waals surface area contributed by atoms with Gasteiger partial charge in [0.05, 0.1) is 44.3 Å². The summed E-state index contributed by atoms with van der Waals surface area (Å²) >= 11 is 1.86. The number of anilines is 3. The van der Waals surface area contributed by atoms with Gasteiger partial charge in [-0.1, -0.05) is 176 Å². The summed E-state index contributed by atoms with van der Waals surface area (Å²) in [6, 6.07) is 103. The van der Waals surface area contributed by atoms with E-state index in [1.807, 2.05) is 11.3 Å². The molecule has 19 rings (SSSR count). The van der Waals surface area contributed by atoms with Crippen LogP contribution >= 0.6 is 11.3 Å². The highest BCUT2D eigenvalue weighted by atomic mass is 32.1. The number of aromatic nitrogens is 1. The maximum absolute atomic E-state index is 6.98. The molecule has 13 aromatic carbocycles. The zero-order valence-corrected chi connectivity index (χ0v) is 46.0. The minimum absolute atomic E-state index is 0.526. The molecule has 0 bridgehead atoms. The van der Waals surface area contributed by atoms with Crippen LogP contribution in [-0.2, 0) is 5.41 Å². The quantitative estimate of drug-likeness (QED) is 0.166. The summed E-state index contributed by atoms with van der Waals surface area (Å²) in [6.07, 6.45) is 0. The average molecular weight is 1090 g/mol. The van der Waals surface area contributed by atoms with Crippen molar-refractivity contribution in [2.45, 2.75) is 5.41 Å². The summed E-state index contributed by atoms with van der Waals surface area (Å²) in [4.78, 5) is 2.51. The van der Waals surface area contributed by atoms with E-state index in [2.05, 4.69) is 289 Å². The number of nitrogens with zero attached hydrogens (tertiary/aromatic N) is 2. The summed E-state index contributed by atoms with van der Waals surface area (Å²) in [5, 5.41) is 9.22. The molecule has 390 valence electrons. The highest BCUT2D eigenvalue weighted by Gasteiger charge is 2.52. The van der Waals surface area contributed by atoms with Gasteiger partial charge in [-0.15, -0.1) is 11.3 Å². The molecular formula is C79H46N2O2S. The molecule has 0 atom stereocenters. The maximum atomic E-state index is 6.98. The maximum Gasteiger partial charge on any atom is 0.137 e. The molecule has 1 spiro atoms. The number of hydrogen-bond donors (Lipinski definition) is 0. The second-order valence-corrected chi connectivity index (χ2v) is 23.7. The first kappa shape index (κ1) is 45.9. The summed E-state index contributed by atoms with van der Waals surface area (Å²) in [5.74, 6) is 0. The second-order valence-electron chi connectivity index (χ2n) is 22.6. The first-order valence-electron chi connectivity index (χ1n) is 28.8. The molecule has 0 radical (unpaired) electrons. The van der Waals surface area contributed by atoms with Crippen LogP contribution in [0.1, 0.15) is 22.3 Å². The van der Waals surface area contributed by atoms with Gasteiger partial charge in [-0.25, -0.2) is 0 Å². The van der Waals surface area contributed by atoms with Gasteiger partial charge < -0.3 is 18.3 Å². The molecule has 0 fully saturated rings. The predicted octanol–water partition coefficient (Wildman–Crippen LogP) is 22.1. The van der Waals surface area contributed by atoms with E-state index in [-0.39, 0.29) is 0 Å². The Labute approximate surface area is 486 Å². The summed E-state index contributed by atoms with van der Waals surface area (Å²) in [5.41, 5.74) is 24.2. The van der Waals surface area contributed by atoms with Gasteiger partial charge in [-0.05, 0) is 164 Å². The molecule has 84 heavy (non-hydrogen) atoms. The fourth-order valence-corrected chi connectivity index (χ4v) is 16.0. The molecule has 0 N–H and O–H groups in total. The van der Waals surface area contributed by atoms with Crippen LogP contribution in [0.25, 0.3) is 136 Å². The van der Waals surface area contributed by atoms with Crippen LogP contribution in [0.4, 0.5) is 17.1 Å². The van der Waals surface area contributed by atoms with E-state index < -0.39 is 5.41 Å². The van der Waals surface area contributed by atoms with Crippen molar-refractivity contribution >= 4 is 114 Å². The lowest BCUT2D eigenvalue weighted by Crippen LogP contribution is -2.26. The first-order valence-corrected chi connectivity index (χ1v) is 29.6. The Kier molecular flexibility index (Phi) is 9.39. The molecule has 0 aliphatic heterocycles. The van der Waals surface area contributed by atoms with Crippen LogP contribution in [0.3, 0.4) is 0 Å². The third kappa shape index (κ3) is 6.20. The van der Waals surface area contributed by atoms with Gasteiger partial charge in [0, 0.05) is 53.0 Å². The standard InChI is InChI=1S/C79H46N2O2S/c1-2-17-51(18-3-1)80-65-39-35-47(43-57(65)58-44-48(36-40-66(58)80)50-38-42-75-59(45-50)54-21-8-13-34-74(54)84-75)49-37-41-71-60(46-49)78-69(30-16-33-73(78)83-71)81(68-29-15-32-72-77(68)56-23-7-12-31-70(56)82-72)67-28-14-27-64-76(67)55-22-6-11-26-63(55)79(64)61-24-9-4-19-52(61)53-20-5-10-25-62(53)79/h1-46H. The molecule has 2 aliphatic carbocycles. The molecule has 17 aromatic rings. The third-order valence-electron chi connectivity index (χ3n) is 18.4. The van der Waals surface area contributed by atoms with Crippen molar-refractivity contribution in [1.82, 2.24) is 4.57 Å². The smallest absolute Gasteiger partial charge is 0.137 e. The van der Waals surface area contributed by atoms with Gasteiger partial charge in [0.15, 0.2) is 0 Å². The normalized spacial score (nSPS) is 13.1. The van der Waals surface area contributed by atoms with Crippen LogP contribution in [0, 0.1) is 0 Å². The van der Waals surface area contributed by atoms with E-state index >= 15 is 0 Å². The van der Waals surface area contributed by atoms with Crippen LogP contribution in [-0.4, -0.2) is 4.57 Å². The van der Waals surface area contributed by atoms with Crippen molar-refractivity contribution in [3.63, 3.8) is 0 Å². The van der Waals surface area contributed by atoms with E-state index in [1.165, 1.54) is 92.1 Å². The molecule has 0 saturated carbocycles. The van der Waals surface area contributed by atoms with E-state index in [0.29, 0.717) is 0 Å². The fourth-order valence-electron chi connectivity index (χ4n) is 15.0. The Bertz CT molecular complexity index is 5610. The summed E-state index contributed by atoms with van der Waals surface area (Å²) < 4.78 is 18.7. The molecule has 4 aromatic heterocycles. The summed E-state index contributed by atoms with van der Waals surface area (Å²) in [6.45, 7) is 0. The van der Waals surface area contributed by atoms with E-state index in [9.17, 15) is 0 Å². The van der Waals surface area contributed by atoms with Crippen LogP contribution < -0.4 is 4.90 Å². The van der Waals surface area contributed by atoms with Gasteiger partial charge in [0.2, 0.25) is 0 Å². The minimum atomic E-state index is -0.526. The van der Waals surface area contributed by atoms with E-state index in [0.717, 1.165) is 83.3 Å². The van der Waals surface area contributed by atoms with Gasteiger partial charge >= 0.3 is 0 Å². The van der Waals surface area contributed by atoms with Crippen molar-refractivity contribution in [3.05, 3.63) is 301 Å². The molecular weight excluding hydrogens is 1040 g/mol. The molecule has 4 heterocycles. The van der Waals surface area contributed by atoms with Gasteiger partial charge in [0.25, 0.3) is 0 Å². The zero-order chi connectivity index (χ0) is 54.8. The van der Waals surface area contributed by atoms with Crippen molar-refractivity contribution in [3.8, 4) is 50.2 Å². The Balaban J connectivity index is 0.840. The van der Waals surface area contributed by atoms with Crippen LogP contribution in [0.2, 0.25) is 0 Å². The molecule has 0 unspecified atom stereocenters. The Morgan fingerprint density at radius 1 is 0.310 bits per heavy atom. The average Bonchev–Trinajstić information content (AvgIpc) is 2.31. The zero-order valence-electron chi connectivity index (χ0n) is 45.2. The fraction of sp³-hybridized carbons (Fsp3) is 0.0127. The van der Waals surface area contributed by atoms with Crippen molar-refractivity contribution in [2.24, 2.45) is 0 Å². The molecule has 5 heteroatoms. The number of hydrogen-bond acceptors (Lipinski definition) is 4. The van der Waals surface area contributed by atoms with Crippen LogP contribution in [0.15, 0.2) is 288 Å². The molecule has 4 nitrogen and oxygen atoms in total. The highest BCUT2D eigenvalue weighted by Crippen LogP contribution is 2.65. The number of benzene rings is 13. The number of fused-ring (bicyclic) bond motifs is 22. The Morgan fingerprint density at radius 2 is 0.774 bits per heavy atom. The minimum Gasteiger partial charge on any atom is -0.456 e.